The number of imidazole rings is 1. The molecular weight excluding hydrogens is 482 g/mol. The molecule has 0 radical (unpaired) electrons. The van der Waals surface area contributed by atoms with Crippen LogP contribution >= 0.6 is 0 Å². The van der Waals surface area contributed by atoms with Crippen LogP contribution in [0, 0.1) is 6.92 Å². The van der Waals surface area contributed by atoms with Crippen molar-refractivity contribution in [1.82, 2.24) is 24.8 Å². The number of aliphatic imine (C=N–C) groups is 1. The number of pyridine rings is 1. The van der Waals surface area contributed by atoms with Crippen molar-refractivity contribution >= 4 is 17.1 Å². The summed E-state index contributed by atoms with van der Waals surface area (Å²) in [5.74, 6) is 1.55. The minimum absolute atomic E-state index is 0.251. The van der Waals surface area contributed by atoms with Crippen LogP contribution < -0.4 is 4.90 Å². The highest BCUT2D eigenvalue weighted by Gasteiger charge is 2.45. The van der Waals surface area contributed by atoms with Crippen LogP contribution in [0.4, 0.5) is 5.69 Å². The van der Waals surface area contributed by atoms with Crippen molar-refractivity contribution in [1.29, 1.82) is 0 Å². The van der Waals surface area contributed by atoms with Gasteiger partial charge in [0.15, 0.2) is 5.82 Å². The van der Waals surface area contributed by atoms with Crippen molar-refractivity contribution in [2.75, 3.05) is 52.2 Å². The SMILES string of the molecule is Cc1cc(-c2cnc3c(c2)C(c2nc4c([nH]2)C(C)C=CC=C4N2CCN(C)CC2)=N[C@@H]2CC32)cc(N(C)C)c1. The number of anilines is 1. The summed E-state index contributed by atoms with van der Waals surface area (Å²) in [5, 5.41) is 0. The minimum Gasteiger partial charge on any atom is -0.378 e. The van der Waals surface area contributed by atoms with Crippen LogP contribution in [-0.4, -0.2) is 83.8 Å². The monoisotopic (exact) mass is 519 g/mol. The Morgan fingerprint density at radius 1 is 1.03 bits per heavy atom. The molecule has 1 N–H and O–H groups in total. The second-order valence-electron chi connectivity index (χ2n) is 11.9. The van der Waals surface area contributed by atoms with Crippen LogP contribution in [0.15, 0.2) is 53.7 Å². The van der Waals surface area contributed by atoms with Gasteiger partial charge in [-0.3, -0.25) is 9.98 Å². The van der Waals surface area contributed by atoms with Gasteiger partial charge in [0.05, 0.1) is 23.1 Å². The van der Waals surface area contributed by atoms with E-state index >= 15 is 0 Å². The minimum atomic E-state index is 0.251. The van der Waals surface area contributed by atoms with E-state index in [0.29, 0.717) is 12.0 Å². The molecule has 200 valence electrons. The molecule has 2 aromatic heterocycles. The van der Waals surface area contributed by atoms with Gasteiger partial charge < -0.3 is 19.7 Å². The molecule has 0 spiro atoms. The molecular formula is C32H37N7. The summed E-state index contributed by atoms with van der Waals surface area (Å²) in [5.41, 5.74) is 11.4. The van der Waals surface area contributed by atoms with Crippen molar-refractivity contribution in [2.45, 2.75) is 38.1 Å². The highest BCUT2D eigenvalue weighted by Crippen LogP contribution is 2.48. The molecule has 2 aliphatic heterocycles. The molecule has 0 amide bonds. The second-order valence-corrected chi connectivity index (χ2v) is 11.9. The molecule has 1 saturated heterocycles. The average molecular weight is 520 g/mol. The average Bonchev–Trinajstić information content (AvgIpc) is 3.62. The Kier molecular flexibility index (Phi) is 5.74. The zero-order valence-corrected chi connectivity index (χ0v) is 23.6. The first-order valence-corrected chi connectivity index (χ1v) is 14.2. The fraction of sp³-hybridized carbons (Fsp3) is 0.406. The lowest BCUT2D eigenvalue weighted by Crippen LogP contribution is -2.43. The number of aromatic nitrogens is 3. The van der Waals surface area contributed by atoms with Crippen molar-refractivity contribution in [3.8, 4) is 11.1 Å². The number of aryl methyl sites for hydroxylation is 1. The summed E-state index contributed by atoms with van der Waals surface area (Å²) in [7, 11) is 6.37. The Morgan fingerprint density at radius 3 is 2.64 bits per heavy atom. The molecule has 2 unspecified atom stereocenters. The van der Waals surface area contributed by atoms with Crippen LogP contribution in [0.3, 0.4) is 0 Å². The maximum absolute atomic E-state index is 5.28. The van der Waals surface area contributed by atoms with Gasteiger partial charge in [-0.25, -0.2) is 4.98 Å². The van der Waals surface area contributed by atoms with E-state index in [1.54, 1.807) is 0 Å². The zero-order valence-electron chi connectivity index (χ0n) is 23.6. The lowest BCUT2D eigenvalue weighted by molar-refractivity contribution is 0.207. The van der Waals surface area contributed by atoms with Crippen LogP contribution in [0.25, 0.3) is 16.8 Å². The molecule has 3 aromatic rings. The predicted octanol–water partition coefficient (Wildman–Crippen LogP) is 4.81. The lowest BCUT2D eigenvalue weighted by Gasteiger charge is -2.35. The van der Waals surface area contributed by atoms with Crippen molar-refractivity contribution in [3.63, 3.8) is 0 Å². The number of likely N-dealkylation sites (N-methyl/N-ethyl adjacent to an activating group) is 1. The van der Waals surface area contributed by atoms with Crippen LogP contribution in [0.5, 0.6) is 0 Å². The van der Waals surface area contributed by atoms with Gasteiger partial charge in [0, 0.05) is 75.1 Å². The molecule has 7 rings (SSSR count). The zero-order chi connectivity index (χ0) is 26.8. The van der Waals surface area contributed by atoms with Gasteiger partial charge in [0.2, 0.25) is 0 Å². The Bertz CT molecular complexity index is 1530. The number of aromatic amines is 1. The number of hydrogen-bond donors (Lipinski definition) is 1. The molecule has 1 aromatic carbocycles. The van der Waals surface area contributed by atoms with Gasteiger partial charge in [-0.2, -0.15) is 0 Å². The van der Waals surface area contributed by atoms with Crippen LogP contribution in [0.2, 0.25) is 0 Å². The third kappa shape index (κ3) is 4.29. The third-order valence-corrected chi connectivity index (χ3v) is 8.64. The van der Waals surface area contributed by atoms with Crippen molar-refractivity contribution in [3.05, 3.63) is 82.7 Å². The summed E-state index contributed by atoms with van der Waals surface area (Å²) in [4.78, 5) is 26.3. The van der Waals surface area contributed by atoms with Gasteiger partial charge in [-0.1, -0.05) is 25.1 Å². The van der Waals surface area contributed by atoms with Gasteiger partial charge in [-0.15, -0.1) is 0 Å². The number of H-pyrrole nitrogens is 1. The molecule has 1 saturated carbocycles. The van der Waals surface area contributed by atoms with Gasteiger partial charge in [-0.05, 0) is 55.8 Å². The standard InChI is InChI=1S/C32H37N7/c1-19-13-21(15-23(14-19)37(3)4)22-16-25-29(33-18-22)24-17-26(24)34-30(25)32-35-28-20(2)7-6-8-27(31(28)36-32)39-11-9-38(5)10-12-39/h6-8,13-16,18,20,24,26H,9-12,17H2,1-5H3,(H,35,36)/t20?,24?,26-/m1/s1. The van der Waals surface area contributed by atoms with Gasteiger partial charge >= 0.3 is 0 Å². The van der Waals surface area contributed by atoms with Crippen molar-refractivity contribution in [2.24, 2.45) is 4.99 Å². The highest BCUT2D eigenvalue weighted by molar-refractivity contribution is 6.13. The summed E-state index contributed by atoms with van der Waals surface area (Å²) >= 11 is 0. The number of piperazine rings is 1. The molecule has 0 bridgehead atoms. The quantitative estimate of drug-likeness (QED) is 0.536. The lowest BCUT2D eigenvalue weighted by atomic mass is 9.96. The topological polar surface area (TPSA) is 63.7 Å². The van der Waals surface area contributed by atoms with E-state index in [1.807, 2.05) is 6.20 Å². The molecule has 4 aliphatic rings. The van der Waals surface area contributed by atoms with E-state index in [0.717, 1.165) is 61.0 Å². The Balaban J connectivity index is 1.30. The Morgan fingerprint density at radius 2 is 1.85 bits per heavy atom. The summed E-state index contributed by atoms with van der Waals surface area (Å²) in [6.45, 7) is 8.55. The van der Waals surface area contributed by atoms with Gasteiger partial charge in [0.25, 0.3) is 0 Å². The van der Waals surface area contributed by atoms with E-state index in [1.165, 1.54) is 33.9 Å². The Labute approximate surface area is 231 Å². The smallest absolute Gasteiger partial charge is 0.157 e. The molecule has 39 heavy (non-hydrogen) atoms. The number of nitrogens with zero attached hydrogens (tertiary/aromatic N) is 6. The molecule has 2 aliphatic carbocycles. The fourth-order valence-electron chi connectivity index (χ4n) is 6.16. The molecule has 3 atom stereocenters. The van der Waals surface area contributed by atoms with E-state index in [2.05, 4.69) is 97.2 Å². The van der Waals surface area contributed by atoms with Crippen LogP contribution in [0.1, 0.15) is 59.2 Å². The van der Waals surface area contributed by atoms with E-state index in [-0.39, 0.29) is 5.92 Å². The first kappa shape index (κ1) is 24.3. The number of benzene rings is 1. The molecule has 2 fully saturated rings. The van der Waals surface area contributed by atoms with E-state index < -0.39 is 0 Å². The normalized spacial score (nSPS) is 23.8. The van der Waals surface area contributed by atoms with E-state index in [9.17, 15) is 0 Å². The number of rotatable bonds is 4. The largest absolute Gasteiger partial charge is 0.378 e. The highest BCUT2D eigenvalue weighted by atomic mass is 15.3. The molecule has 4 heterocycles. The fourth-order valence-corrected chi connectivity index (χ4v) is 6.16. The number of fused-ring (bicyclic) bond motifs is 4. The first-order valence-electron chi connectivity index (χ1n) is 14.2. The predicted molar refractivity (Wildman–Crippen MR) is 159 cm³/mol. The second kappa shape index (κ2) is 9.19. The number of nitrogens with one attached hydrogen (secondary N) is 1. The third-order valence-electron chi connectivity index (χ3n) is 8.64. The van der Waals surface area contributed by atoms with Crippen molar-refractivity contribution < 1.29 is 0 Å². The molecule has 7 heteroatoms. The number of hydrogen-bond acceptors (Lipinski definition) is 6. The Hall–Kier alpha value is -3.71. The summed E-state index contributed by atoms with van der Waals surface area (Å²) in [6, 6.07) is 9.31. The first-order chi connectivity index (χ1) is 18.9. The maximum atomic E-state index is 5.28. The van der Waals surface area contributed by atoms with Gasteiger partial charge in [0.1, 0.15) is 11.4 Å². The summed E-state index contributed by atoms with van der Waals surface area (Å²) in [6.07, 6.45) is 9.81. The van der Waals surface area contributed by atoms with E-state index in [4.69, 9.17) is 15.0 Å². The molecule has 7 nitrogen and oxygen atoms in total. The maximum Gasteiger partial charge on any atom is 0.157 e. The number of allylic oxidation sites excluding steroid dienone is 3. The van der Waals surface area contributed by atoms with Crippen LogP contribution in [-0.2, 0) is 0 Å². The summed E-state index contributed by atoms with van der Waals surface area (Å²) < 4.78 is 0.